The van der Waals surface area contributed by atoms with E-state index in [2.05, 4.69) is 4.98 Å². The summed E-state index contributed by atoms with van der Waals surface area (Å²) in [5, 5.41) is 11.4. The van der Waals surface area contributed by atoms with Crippen LogP contribution >= 0.6 is 0 Å². The molecule has 2 aliphatic rings. The van der Waals surface area contributed by atoms with Crippen molar-refractivity contribution >= 4 is 20.7 Å². The molecule has 5 heteroatoms. The Bertz CT molecular complexity index is 855. The third-order valence-electron chi connectivity index (χ3n) is 5.48. The molecule has 2 atom stereocenters. The van der Waals surface area contributed by atoms with Crippen LogP contribution in [-0.2, 0) is 15.4 Å². The molecule has 2 bridgehead atoms. The summed E-state index contributed by atoms with van der Waals surface area (Å²) in [6.07, 6.45) is 2.93. The number of sulfone groups is 1. The largest absolute Gasteiger partial charge is 0.385 e. The van der Waals surface area contributed by atoms with Crippen molar-refractivity contribution in [1.29, 1.82) is 0 Å². The molecule has 2 aliphatic heterocycles. The molecule has 23 heavy (non-hydrogen) atoms. The Labute approximate surface area is 136 Å². The lowest BCUT2D eigenvalue weighted by Crippen LogP contribution is -2.50. The maximum Gasteiger partial charge on any atom is 0.156 e. The molecule has 3 heterocycles. The summed E-state index contributed by atoms with van der Waals surface area (Å²) >= 11 is 0. The fraction of sp³-hybridized carbons (Fsp3) is 0.500. The summed E-state index contributed by atoms with van der Waals surface area (Å²) in [6.45, 7) is 1.95. The van der Waals surface area contributed by atoms with Gasteiger partial charge in [0.25, 0.3) is 0 Å². The Morgan fingerprint density at radius 2 is 1.83 bits per heavy atom. The highest BCUT2D eigenvalue weighted by Gasteiger charge is 2.50. The van der Waals surface area contributed by atoms with Gasteiger partial charge in [0, 0.05) is 11.1 Å². The van der Waals surface area contributed by atoms with Crippen molar-refractivity contribution in [2.75, 3.05) is 0 Å². The van der Waals surface area contributed by atoms with Gasteiger partial charge in [-0.25, -0.2) is 8.42 Å². The van der Waals surface area contributed by atoms with Crippen LogP contribution in [0.1, 0.15) is 43.4 Å². The van der Waals surface area contributed by atoms with E-state index >= 15 is 0 Å². The van der Waals surface area contributed by atoms with E-state index in [1.807, 2.05) is 37.3 Å². The van der Waals surface area contributed by atoms with Crippen molar-refractivity contribution in [3.05, 3.63) is 41.6 Å². The normalized spacial score (nSPS) is 32.8. The number of fused-ring (bicyclic) bond motifs is 3. The first-order valence-electron chi connectivity index (χ1n) is 8.21. The smallest absolute Gasteiger partial charge is 0.156 e. The fourth-order valence-electron chi connectivity index (χ4n) is 4.20. The number of nitrogens with zero attached hydrogens (tertiary/aromatic N) is 1. The molecule has 2 unspecified atom stereocenters. The minimum absolute atomic E-state index is 0.316. The number of hydrogen-bond acceptors (Lipinski definition) is 4. The molecule has 4 nitrogen and oxygen atoms in total. The zero-order valence-corrected chi connectivity index (χ0v) is 14.0. The minimum Gasteiger partial charge on any atom is -0.385 e. The average Bonchev–Trinajstić information content (AvgIpc) is 2.48. The molecule has 122 valence electrons. The topological polar surface area (TPSA) is 67.3 Å². The SMILES string of the molecule is Cc1ccc2cc(C3(O)CC4CCCC(C3)S4(=O)=O)ccc2n1. The third-order valence-corrected chi connectivity index (χ3v) is 8.14. The zero-order valence-electron chi connectivity index (χ0n) is 13.2. The predicted octanol–water partition coefficient (Wildman–Crippen LogP) is 2.86. The minimum atomic E-state index is -3.07. The molecule has 0 spiro atoms. The van der Waals surface area contributed by atoms with Crippen LogP contribution in [0.4, 0.5) is 0 Å². The van der Waals surface area contributed by atoms with Crippen molar-refractivity contribution in [1.82, 2.24) is 4.98 Å². The first-order valence-corrected chi connectivity index (χ1v) is 9.82. The summed E-state index contributed by atoms with van der Waals surface area (Å²) in [6, 6.07) is 9.76. The Morgan fingerprint density at radius 1 is 1.13 bits per heavy atom. The first-order chi connectivity index (χ1) is 10.9. The fourth-order valence-corrected chi connectivity index (χ4v) is 6.75. The van der Waals surface area contributed by atoms with E-state index in [0.29, 0.717) is 25.7 Å². The molecule has 0 radical (unpaired) electrons. The zero-order chi connectivity index (χ0) is 16.2. The highest BCUT2D eigenvalue weighted by Crippen LogP contribution is 2.46. The summed E-state index contributed by atoms with van der Waals surface area (Å²) in [7, 11) is -3.07. The Morgan fingerprint density at radius 3 is 2.52 bits per heavy atom. The highest BCUT2D eigenvalue weighted by atomic mass is 32.2. The van der Waals surface area contributed by atoms with E-state index < -0.39 is 25.9 Å². The summed E-state index contributed by atoms with van der Waals surface area (Å²) in [5.74, 6) is 0. The number of rotatable bonds is 1. The standard InChI is InChI=1S/C18H21NO3S/c1-12-5-6-13-9-14(7-8-17(13)19-12)18(20)10-15-3-2-4-16(11-18)23(15,21)22/h5-9,15-16,20H,2-4,10-11H2,1H3. The molecule has 1 aromatic carbocycles. The van der Waals surface area contributed by atoms with Crippen LogP contribution in [0.3, 0.4) is 0 Å². The van der Waals surface area contributed by atoms with Crippen molar-refractivity contribution in [3.8, 4) is 0 Å². The van der Waals surface area contributed by atoms with E-state index in [0.717, 1.165) is 28.6 Å². The predicted molar refractivity (Wildman–Crippen MR) is 90.0 cm³/mol. The van der Waals surface area contributed by atoms with Gasteiger partial charge in [0.15, 0.2) is 9.84 Å². The van der Waals surface area contributed by atoms with Crippen LogP contribution in [-0.4, -0.2) is 29.0 Å². The van der Waals surface area contributed by atoms with Gasteiger partial charge in [-0.2, -0.15) is 0 Å². The number of hydrogen-bond donors (Lipinski definition) is 1. The Hall–Kier alpha value is -1.46. The lowest BCUT2D eigenvalue weighted by Gasteiger charge is -2.44. The highest BCUT2D eigenvalue weighted by molar-refractivity contribution is 7.92. The molecule has 0 aliphatic carbocycles. The number of aromatic nitrogens is 1. The molecule has 1 aromatic heterocycles. The molecule has 2 saturated heterocycles. The quantitative estimate of drug-likeness (QED) is 0.872. The number of aryl methyl sites for hydroxylation is 1. The monoisotopic (exact) mass is 331 g/mol. The maximum absolute atomic E-state index is 12.4. The van der Waals surface area contributed by atoms with Gasteiger partial charge in [-0.15, -0.1) is 0 Å². The van der Waals surface area contributed by atoms with Crippen LogP contribution in [0.2, 0.25) is 0 Å². The van der Waals surface area contributed by atoms with Crippen LogP contribution < -0.4 is 0 Å². The average molecular weight is 331 g/mol. The van der Waals surface area contributed by atoms with Gasteiger partial charge < -0.3 is 5.11 Å². The first kappa shape index (κ1) is 15.1. The van der Waals surface area contributed by atoms with E-state index in [4.69, 9.17) is 0 Å². The van der Waals surface area contributed by atoms with Gasteiger partial charge in [-0.3, -0.25) is 4.98 Å². The van der Waals surface area contributed by atoms with Gasteiger partial charge in [-0.05, 0) is 56.4 Å². The molecular weight excluding hydrogens is 310 g/mol. The van der Waals surface area contributed by atoms with E-state index in [1.165, 1.54) is 0 Å². The lowest BCUT2D eigenvalue weighted by molar-refractivity contribution is 0.00512. The van der Waals surface area contributed by atoms with Gasteiger partial charge in [0.05, 0.1) is 21.6 Å². The molecular formula is C18H21NO3S. The molecule has 0 saturated carbocycles. The van der Waals surface area contributed by atoms with E-state index in [9.17, 15) is 13.5 Å². The summed E-state index contributed by atoms with van der Waals surface area (Å²) < 4.78 is 24.9. The number of aliphatic hydroxyl groups is 1. The Kier molecular flexibility index (Phi) is 3.29. The van der Waals surface area contributed by atoms with Crippen molar-refractivity contribution in [2.24, 2.45) is 0 Å². The van der Waals surface area contributed by atoms with Crippen molar-refractivity contribution in [2.45, 2.75) is 55.1 Å². The number of pyridine rings is 1. The second-order valence-electron chi connectivity index (χ2n) is 7.06. The van der Waals surface area contributed by atoms with Crippen LogP contribution in [0, 0.1) is 6.92 Å². The maximum atomic E-state index is 12.4. The molecule has 2 aromatic rings. The Balaban J connectivity index is 1.76. The van der Waals surface area contributed by atoms with Crippen LogP contribution in [0.25, 0.3) is 10.9 Å². The van der Waals surface area contributed by atoms with Crippen molar-refractivity contribution in [3.63, 3.8) is 0 Å². The summed E-state index contributed by atoms with van der Waals surface area (Å²) in [5.41, 5.74) is 1.64. The molecule has 4 rings (SSSR count). The lowest BCUT2D eigenvalue weighted by atomic mass is 9.80. The molecule has 1 N–H and O–H groups in total. The van der Waals surface area contributed by atoms with Gasteiger partial charge in [0.1, 0.15) is 0 Å². The van der Waals surface area contributed by atoms with Crippen molar-refractivity contribution < 1.29 is 13.5 Å². The van der Waals surface area contributed by atoms with E-state index in [1.54, 1.807) is 0 Å². The third kappa shape index (κ3) is 2.37. The van der Waals surface area contributed by atoms with E-state index in [-0.39, 0.29) is 0 Å². The van der Waals surface area contributed by atoms with Crippen LogP contribution in [0.15, 0.2) is 30.3 Å². The summed E-state index contributed by atoms with van der Waals surface area (Å²) in [4.78, 5) is 4.49. The second-order valence-corrected chi connectivity index (χ2v) is 9.58. The van der Waals surface area contributed by atoms with Gasteiger partial charge >= 0.3 is 0 Å². The molecule has 2 fully saturated rings. The van der Waals surface area contributed by atoms with Crippen LogP contribution in [0.5, 0.6) is 0 Å². The van der Waals surface area contributed by atoms with Gasteiger partial charge in [0.2, 0.25) is 0 Å². The molecule has 0 amide bonds. The second kappa shape index (κ2) is 5.02. The van der Waals surface area contributed by atoms with Gasteiger partial charge in [-0.1, -0.05) is 18.6 Å². The number of benzene rings is 1.